The lowest BCUT2D eigenvalue weighted by Gasteiger charge is -2.11. The molecule has 1 unspecified atom stereocenters. The highest BCUT2D eigenvalue weighted by Gasteiger charge is 2.24. The number of alkyl halides is 2. The predicted molar refractivity (Wildman–Crippen MR) is 58.7 cm³/mol. The molecule has 0 spiro atoms. The summed E-state index contributed by atoms with van der Waals surface area (Å²) in [6.45, 7) is -0.557. The Morgan fingerprint density at radius 2 is 2.11 bits per heavy atom. The second-order valence-corrected chi connectivity index (χ2v) is 3.21. The SMILES string of the molecule is CNc1ncnc(NCC(O)C(F)F)c1[N+](=O)[O-]. The van der Waals surface area contributed by atoms with E-state index in [0.717, 1.165) is 6.33 Å². The van der Waals surface area contributed by atoms with Crippen molar-refractivity contribution in [3.63, 3.8) is 0 Å². The molecule has 0 fully saturated rings. The lowest BCUT2D eigenvalue weighted by atomic mass is 10.3. The smallest absolute Gasteiger partial charge is 0.353 e. The van der Waals surface area contributed by atoms with E-state index in [1.807, 2.05) is 0 Å². The average Bonchev–Trinajstić information content (AvgIpc) is 2.34. The van der Waals surface area contributed by atoms with Crippen LogP contribution in [0.4, 0.5) is 26.1 Å². The van der Waals surface area contributed by atoms with Crippen LogP contribution < -0.4 is 10.6 Å². The van der Waals surface area contributed by atoms with E-state index in [0.29, 0.717) is 0 Å². The Bertz CT molecular complexity index is 431. The van der Waals surface area contributed by atoms with E-state index in [1.54, 1.807) is 0 Å². The van der Waals surface area contributed by atoms with Gasteiger partial charge in [0.05, 0.1) is 4.92 Å². The molecule has 0 saturated heterocycles. The Hall–Kier alpha value is -2.10. The van der Waals surface area contributed by atoms with E-state index in [2.05, 4.69) is 20.6 Å². The van der Waals surface area contributed by atoms with Crippen LogP contribution in [0.1, 0.15) is 0 Å². The maximum Gasteiger partial charge on any atom is 0.353 e. The number of nitrogens with one attached hydrogen (secondary N) is 2. The number of hydrogen-bond acceptors (Lipinski definition) is 7. The van der Waals surface area contributed by atoms with Crippen molar-refractivity contribution in [2.75, 3.05) is 24.2 Å². The van der Waals surface area contributed by atoms with Crippen LogP contribution in [0.3, 0.4) is 0 Å². The number of hydrogen-bond donors (Lipinski definition) is 3. The number of nitro groups is 1. The van der Waals surface area contributed by atoms with E-state index >= 15 is 0 Å². The molecule has 0 amide bonds. The molecule has 0 bridgehead atoms. The van der Waals surface area contributed by atoms with E-state index in [9.17, 15) is 18.9 Å². The van der Waals surface area contributed by atoms with Gasteiger partial charge in [0, 0.05) is 13.6 Å². The maximum absolute atomic E-state index is 12.1. The first-order valence-electron chi connectivity index (χ1n) is 4.84. The fraction of sp³-hybridized carbons (Fsp3) is 0.500. The molecule has 0 aliphatic carbocycles. The van der Waals surface area contributed by atoms with Crippen LogP contribution in [-0.4, -0.2) is 46.1 Å². The minimum Gasteiger partial charge on any atom is -0.385 e. The Balaban J connectivity index is 2.91. The van der Waals surface area contributed by atoms with Gasteiger partial charge in [-0.25, -0.2) is 18.7 Å². The first kappa shape index (κ1) is 14.0. The zero-order valence-corrected chi connectivity index (χ0v) is 9.30. The molecule has 1 aromatic heterocycles. The van der Waals surface area contributed by atoms with Gasteiger partial charge in [0.2, 0.25) is 11.6 Å². The molecule has 3 N–H and O–H groups in total. The van der Waals surface area contributed by atoms with Crippen molar-refractivity contribution in [1.82, 2.24) is 9.97 Å². The molecule has 1 aromatic rings. The highest BCUT2D eigenvalue weighted by Crippen LogP contribution is 2.28. The summed E-state index contributed by atoms with van der Waals surface area (Å²) in [6.07, 6.45) is -3.84. The molecular weight excluding hydrogens is 252 g/mol. The van der Waals surface area contributed by atoms with Gasteiger partial charge in [-0.3, -0.25) is 10.1 Å². The summed E-state index contributed by atoms with van der Waals surface area (Å²) in [5.41, 5.74) is -0.471. The number of anilines is 2. The highest BCUT2D eigenvalue weighted by atomic mass is 19.3. The first-order valence-corrected chi connectivity index (χ1v) is 4.84. The molecule has 0 aliphatic heterocycles. The van der Waals surface area contributed by atoms with Gasteiger partial charge in [-0.15, -0.1) is 0 Å². The molecule has 8 nitrogen and oxygen atoms in total. The van der Waals surface area contributed by atoms with Gasteiger partial charge in [0.15, 0.2) is 0 Å². The summed E-state index contributed by atoms with van der Waals surface area (Å²) in [5, 5.41) is 24.5. The molecule has 1 rings (SSSR count). The van der Waals surface area contributed by atoms with Gasteiger partial charge in [0.1, 0.15) is 12.4 Å². The van der Waals surface area contributed by atoms with E-state index in [4.69, 9.17) is 5.11 Å². The quantitative estimate of drug-likeness (QED) is 0.504. The van der Waals surface area contributed by atoms with Crippen molar-refractivity contribution in [3.8, 4) is 0 Å². The summed E-state index contributed by atoms with van der Waals surface area (Å²) in [4.78, 5) is 17.3. The van der Waals surface area contributed by atoms with Crippen LogP contribution in [0, 0.1) is 10.1 Å². The molecule has 0 radical (unpaired) electrons. The van der Waals surface area contributed by atoms with Crippen molar-refractivity contribution in [2.24, 2.45) is 0 Å². The molecule has 1 heterocycles. The molecular formula is C8H11F2N5O3. The standard InChI is InChI=1S/C8H11F2N5O3/c1-11-7-5(15(17)18)8(14-3-13-7)12-2-4(16)6(9)10/h3-4,6,16H,2H2,1H3,(H2,11,12,13,14). The van der Waals surface area contributed by atoms with Gasteiger partial charge >= 0.3 is 5.69 Å². The molecule has 0 aromatic carbocycles. The van der Waals surface area contributed by atoms with E-state index in [-0.39, 0.29) is 11.6 Å². The minimum atomic E-state index is -2.94. The van der Waals surface area contributed by atoms with E-state index < -0.39 is 29.7 Å². The minimum absolute atomic E-state index is 0.0518. The molecule has 0 saturated carbocycles. The summed E-state index contributed by atoms with van der Waals surface area (Å²) >= 11 is 0. The second kappa shape index (κ2) is 6.00. The van der Waals surface area contributed by atoms with Crippen LogP contribution in [-0.2, 0) is 0 Å². The first-order chi connectivity index (χ1) is 8.47. The predicted octanol–water partition coefficient (Wildman–Crippen LogP) is 0.464. The maximum atomic E-state index is 12.1. The Kier molecular flexibility index (Phi) is 4.66. The molecule has 1 atom stereocenters. The normalized spacial score (nSPS) is 12.3. The number of aliphatic hydroxyl groups is 1. The zero-order chi connectivity index (χ0) is 13.7. The van der Waals surface area contributed by atoms with Crippen LogP contribution >= 0.6 is 0 Å². The van der Waals surface area contributed by atoms with Crippen molar-refractivity contribution >= 4 is 17.3 Å². The van der Waals surface area contributed by atoms with Crippen LogP contribution in [0.15, 0.2) is 6.33 Å². The number of nitrogens with zero attached hydrogens (tertiary/aromatic N) is 3. The molecule has 0 aliphatic rings. The molecule has 18 heavy (non-hydrogen) atoms. The number of aliphatic hydroxyl groups excluding tert-OH is 1. The summed E-state index contributed by atoms with van der Waals surface area (Å²) in [5.74, 6) is -0.289. The van der Waals surface area contributed by atoms with Gasteiger partial charge in [-0.1, -0.05) is 0 Å². The van der Waals surface area contributed by atoms with Crippen molar-refractivity contribution in [3.05, 3.63) is 16.4 Å². The third-order valence-electron chi connectivity index (χ3n) is 2.01. The van der Waals surface area contributed by atoms with Crippen LogP contribution in [0.2, 0.25) is 0 Å². The average molecular weight is 263 g/mol. The fourth-order valence-corrected chi connectivity index (χ4v) is 1.15. The summed E-state index contributed by atoms with van der Waals surface area (Å²) in [6, 6.07) is 0. The number of rotatable bonds is 6. The Morgan fingerprint density at radius 1 is 1.50 bits per heavy atom. The summed E-state index contributed by atoms with van der Waals surface area (Å²) in [7, 11) is 1.42. The van der Waals surface area contributed by atoms with Crippen molar-refractivity contribution in [2.45, 2.75) is 12.5 Å². The number of aromatic nitrogens is 2. The second-order valence-electron chi connectivity index (χ2n) is 3.21. The van der Waals surface area contributed by atoms with Crippen LogP contribution in [0.5, 0.6) is 0 Å². The lowest BCUT2D eigenvalue weighted by molar-refractivity contribution is -0.383. The molecule has 100 valence electrons. The summed E-state index contributed by atoms with van der Waals surface area (Å²) < 4.78 is 24.1. The van der Waals surface area contributed by atoms with Gasteiger partial charge in [-0.2, -0.15) is 0 Å². The number of halogens is 2. The largest absolute Gasteiger partial charge is 0.385 e. The van der Waals surface area contributed by atoms with Crippen LogP contribution in [0.25, 0.3) is 0 Å². The monoisotopic (exact) mass is 263 g/mol. The molecule has 10 heteroatoms. The Labute approximate surface area is 100 Å². The zero-order valence-electron chi connectivity index (χ0n) is 9.30. The van der Waals surface area contributed by atoms with Gasteiger partial charge < -0.3 is 15.7 Å². The third kappa shape index (κ3) is 3.20. The van der Waals surface area contributed by atoms with Gasteiger partial charge in [0.25, 0.3) is 6.43 Å². The third-order valence-corrected chi connectivity index (χ3v) is 2.01. The van der Waals surface area contributed by atoms with Crippen molar-refractivity contribution in [1.29, 1.82) is 0 Å². The highest BCUT2D eigenvalue weighted by molar-refractivity contribution is 5.68. The van der Waals surface area contributed by atoms with E-state index in [1.165, 1.54) is 7.05 Å². The topological polar surface area (TPSA) is 113 Å². The Morgan fingerprint density at radius 3 is 2.61 bits per heavy atom. The van der Waals surface area contributed by atoms with Crippen molar-refractivity contribution < 1.29 is 18.8 Å². The van der Waals surface area contributed by atoms with Gasteiger partial charge in [-0.05, 0) is 0 Å². The fourth-order valence-electron chi connectivity index (χ4n) is 1.15. The lowest BCUT2D eigenvalue weighted by Crippen LogP contribution is -2.27.